The first-order valence-electron chi connectivity index (χ1n) is 5.54. The summed E-state index contributed by atoms with van der Waals surface area (Å²) in [7, 11) is 0.565. The Balaban J connectivity index is 2.23. The van der Waals surface area contributed by atoms with Crippen LogP contribution in [0.1, 0.15) is 22.5 Å². The summed E-state index contributed by atoms with van der Waals surface area (Å²) in [6, 6.07) is 0.246. The molecule has 2 rings (SSSR count). The third-order valence-electron chi connectivity index (χ3n) is 2.73. The topological polar surface area (TPSA) is 92.5 Å². The van der Waals surface area contributed by atoms with Crippen molar-refractivity contribution in [2.24, 2.45) is 4.99 Å². The number of nitrogens with one attached hydrogen (secondary N) is 2. The highest BCUT2D eigenvalue weighted by Gasteiger charge is 2.24. The maximum atomic E-state index is 11.4. The maximum Gasteiger partial charge on any atom is 0.395 e. The fourth-order valence-corrected chi connectivity index (χ4v) is 2.92. The van der Waals surface area contributed by atoms with Crippen molar-refractivity contribution in [1.82, 2.24) is 10.3 Å². The van der Waals surface area contributed by atoms with Crippen LogP contribution < -0.4 is 15.3 Å². The van der Waals surface area contributed by atoms with Crippen molar-refractivity contribution >= 4 is 16.6 Å². The second-order valence-corrected chi connectivity index (χ2v) is 5.42. The average molecular weight is 257 g/mol. The van der Waals surface area contributed by atoms with Crippen molar-refractivity contribution in [2.75, 3.05) is 25.3 Å². The molecule has 1 aliphatic heterocycles. The van der Waals surface area contributed by atoms with Crippen molar-refractivity contribution in [2.45, 2.75) is 18.9 Å². The number of esters is 1. The van der Waals surface area contributed by atoms with Crippen molar-refractivity contribution < 1.29 is 9.53 Å². The van der Waals surface area contributed by atoms with Crippen LogP contribution >= 0.6 is 10.7 Å². The average Bonchev–Trinajstić information content (AvgIpc) is 2.72. The molecule has 1 fully saturated rings. The number of rotatable bonds is 2. The molecule has 6 nitrogen and oxygen atoms in total. The number of piperidine rings is 1. The van der Waals surface area contributed by atoms with E-state index < -0.39 is 16.6 Å². The zero-order valence-electron chi connectivity index (χ0n) is 9.73. The minimum atomic E-state index is -0.782. The monoisotopic (exact) mass is 257 g/mol. The molecule has 2 atom stereocenters. The van der Waals surface area contributed by atoms with E-state index in [0.29, 0.717) is 9.68 Å². The molecule has 0 spiro atoms. The van der Waals surface area contributed by atoms with Crippen LogP contribution in [0.5, 0.6) is 0 Å². The van der Waals surface area contributed by atoms with E-state index >= 15 is 0 Å². The molecule has 0 amide bonds. The number of nitrogens with two attached hydrogens (primary N) is 1. The van der Waals surface area contributed by atoms with Crippen molar-refractivity contribution in [3.05, 3.63) is 15.9 Å². The molecular formula is C10H17N4O2S+. The summed E-state index contributed by atoms with van der Waals surface area (Å²) in [5.74, 6) is -0.393. The van der Waals surface area contributed by atoms with Crippen LogP contribution in [-0.2, 0) is 4.74 Å². The number of thiazole rings is 1. The Morgan fingerprint density at radius 1 is 1.71 bits per heavy atom. The highest BCUT2D eigenvalue weighted by Crippen LogP contribution is 2.12. The number of nitrogens with zero attached hydrogens (tertiary/aromatic N) is 1. The Morgan fingerprint density at radius 2 is 2.53 bits per heavy atom. The Hall–Kier alpha value is -1.18. The number of ether oxygens (including phenoxy) is 1. The first-order valence-corrected chi connectivity index (χ1v) is 6.83. The van der Waals surface area contributed by atoms with Gasteiger partial charge in [-0.15, -0.1) is 5.14 Å². The Bertz CT molecular complexity index is 459. The number of hydrogen-bond acceptors (Lipinski definition) is 5. The highest BCUT2D eigenvalue weighted by molar-refractivity contribution is 7.30. The Labute approximate surface area is 102 Å². The van der Waals surface area contributed by atoms with Crippen LogP contribution in [0.15, 0.2) is 11.2 Å². The van der Waals surface area contributed by atoms with Crippen molar-refractivity contribution in [3.63, 3.8) is 0 Å². The van der Waals surface area contributed by atoms with Gasteiger partial charge in [-0.1, -0.05) is 0 Å². The van der Waals surface area contributed by atoms with Crippen LogP contribution in [0.25, 0.3) is 0 Å². The quantitative estimate of drug-likeness (QED) is 0.510. The predicted molar refractivity (Wildman–Crippen MR) is 66.2 cm³/mol. The van der Waals surface area contributed by atoms with E-state index in [2.05, 4.69) is 20.0 Å². The molecule has 17 heavy (non-hydrogen) atoms. The SMILES string of the molecule is COC(=O)c1c[nH]c(=NC2CCCNC2)[s+]1N. The zero-order chi connectivity index (χ0) is 12.3. The molecule has 1 aromatic heterocycles. The van der Waals surface area contributed by atoms with Gasteiger partial charge in [-0.25, -0.2) is 9.79 Å². The first kappa shape index (κ1) is 12.3. The number of aromatic amines is 1. The van der Waals surface area contributed by atoms with E-state index in [0.717, 1.165) is 25.9 Å². The normalized spacial score (nSPS) is 22.6. The molecule has 0 radical (unpaired) electrons. The summed E-state index contributed by atoms with van der Waals surface area (Å²) in [4.78, 5) is 20.0. The van der Waals surface area contributed by atoms with Gasteiger partial charge in [-0.3, -0.25) is 4.98 Å². The number of methoxy groups -OCH3 is 1. The molecule has 94 valence electrons. The summed E-state index contributed by atoms with van der Waals surface area (Å²) < 4.78 is 4.66. The van der Waals surface area contributed by atoms with E-state index in [4.69, 9.17) is 5.14 Å². The molecule has 7 heteroatoms. The standard InChI is InChI=1S/C10H16N4O2S/c1-16-9(15)8-6-13-10(17(8)11)14-7-3-2-4-12-5-7/h6-7,12H,2-5,11H2,1H3/p+1. The van der Waals surface area contributed by atoms with Gasteiger partial charge in [0.25, 0.3) is 4.88 Å². The minimum Gasteiger partial charge on any atom is -0.462 e. The Morgan fingerprint density at radius 3 is 3.18 bits per heavy atom. The molecule has 2 unspecified atom stereocenters. The van der Waals surface area contributed by atoms with Crippen LogP contribution in [0, 0.1) is 0 Å². The van der Waals surface area contributed by atoms with Crippen LogP contribution in [0.4, 0.5) is 0 Å². The second kappa shape index (κ2) is 5.44. The lowest BCUT2D eigenvalue weighted by Crippen LogP contribution is -2.33. The van der Waals surface area contributed by atoms with Gasteiger partial charge in [0.1, 0.15) is 10.7 Å². The minimum absolute atomic E-state index is 0.246. The summed E-state index contributed by atoms with van der Waals surface area (Å²) >= 11 is 0. The third kappa shape index (κ3) is 2.74. The predicted octanol–water partition coefficient (Wildman–Crippen LogP) is -0.0831. The van der Waals surface area contributed by atoms with Gasteiger partial charge in [0.15, 0.2) is 0 Å². The molecule has 1 aromatic rings. The van der Waals surface area contributed by atoms with Gasteiger partial charge < -0.3 is 10.1 Å². The van der Waals surface area contributed by atoms with Gasteiger partial charge in [0, 0.05) is 6.54 Å². The summed E-state index contributed by atoms with van der Waals surface area (Å²) in [5.41, 5.74) is 0. The molecular weight excluding hydrogens is 240 g/mol. The third-order valence-corrected chi connectivity index (χ3v) is 4.13. The van der Waals surface area contributed by atoms with E-state index in [1.54, 1.807) is 6.20 Å². The fraction of sp³-hybridized carbons (Fsp3) is 0.600. The summed E-state index contributed by atoms with van der Waals surface area (Å²) in [6.45, 7) is 1.92. The number of aromatic nitrogens is 1. The van der Waals surface area contributed by atoms with Gasteiger partial charge in [-0.2, -0.15) is 0 Å². The molecule has 1 saturated heterocycles. The molecule has 2 heterocycles. The van der Waals surface area contributed by atoms with E-state index in [1.165, 1.54) is 7.11 Å². The van der Waals surface area contributed by atoms with Gasteiger partial charge in [-0.05, 0) is 19.4 Å². The molecule has 0 aliphatic carbocycles. The number of hydrogen-bond donors (Lipinski definition) is 3. The first-order chi connectivity index (χ1) is 8.22. The lowest BCUT2D eigenvalue weighted by Gasteiger charge is -2.17. The van der Waals surface area contributed by atoms with Gasteiger partial charge in [0.2, 0.25) is 0 Å². The number of H-pyrrole nitrogens is 1. The Kier molecular flexibility index (Phi) is 3.93. The lowest BCUT2D eigenvalue weighted by atomic mass is 10.1. The number of carbonyl (C=O) groups excluding carboxylic acids is 1. The van der Waals surface area contributed by atoms with Crippen LogP contribution in [0.2, 0.25) is 0 Å². The second-order valence-electron chi connectivity index (χ2n) is 3.92. The largest absolute Gasteiger partial charge is 0.462 e. The lowest BCUT2D eigenvalue weighted by molar-refractivity contribution is 0.0606. The molecule has 0 saturated carbocycles. The maximum absolute atomic E-state index is 11.4. The van der Waals surface area contributed by atoms with E-state index in [-0.39, 0.29) is 6.04 Å². The van der Waals surface area contributed by atoms with Crippen molar-refractivity contribution in [3.8, 4) is 0 Å². The molecule has 0 aromatic carbocycles. The van der Waals surface area contributed by atoms with Crippen LogP contribution in [-0.4, -0.2) is 37.2 Å². The fourth-order valence-electron chi connectivity index (χ4n) is 1.81. The summed E-state index contributed by atoms with van der Waals surface area (Å²) in [5, 5.41) is 9.25. The molecule has 1 aliphatic rings. The van der Waals surface area contributed by atoms with Gasteiger partial charge in [0.05, 0.1) is 19.3 Å². The van der Waals surface area contributed by atoms with Crippen molar-refractivity contribution in [1.29, 1.82) is 0 Å². The van der Waals surface area contributed by atoms with Gasteiger partial charge >= 0.3 is 10.8 Å². The highest BCUT2D eigenvalue weighted by atomic mass is 32.2. The number of carbonyl (C=O) groups is 1. The van der Waals surface area contributed by atoms with Crippen LogP contribution in [0.3, 0.4) is 0 Å². The summed E-state index contributed by atoms with van der Waals surface area (Å²) in [6.07, 6.45) is 3.77. The molecule has 0 bridgehead atoms. The molecule has 4 N–H and O–H groups in total. The number of nitrogen functional groups attached to an aromatic ring is 1. The van der Waals surface area contributed by atoms with E-state index in [1.807, 2.05) is 0 Å². The van der Waals surface area contributed by atoms with E-state index in [9.17, 15) is 4.79 Å². The zero-order valence-corrected chi connectivity index (χ0v) is 10.5. The smallest absolute Gasteiger partial charge is 0.395 e.